The van der Waals surface area contributed by atoms with Gasteiger partial charge in [0, 0.05) is 0 Å². The molecular weight excluding hydrogens is 328 g/mol. The van der Waals surface area contributed by atoms with Crippen molar-refractivity contribution >= 4 is 5.97 Å². The van der Waals surface area contributed by atoms with Gasteiger partial charge in [-0.1, -0.05) is 30.3 Å². The molecule has 0 spiro atoms. The van der Waals surface area contributed by atoms with Crippen LogP contribution in [0.4, 0.5) is 0 Å². The van der Waals surface area contributed by atoms with Gasteiger partial charge in [-0.15, -0.1) is 0 Å². The van der Waals surface area contributed by atoms with Crippen molar-refractivity contribution < 1.29 is 34.0 Å². The van der Waals surface area contributed by atoms with Crippen LogP contribution in [-0.4, -0.2) is 59.6 Å². The number of carbonyl (C=O) groups excluding carboxylic acids is 1. The van der Waals surface area contributed by atoms with E-state index in [1.54, 1.807) is 20.8 Å². The molecule has 1 aliphatic heterocycles. The Morgan fingerprint density at radius 1 is 1.32 bits per heavy atom. The van der Waals surface area contributed by atoms with Crippen molar-refractivity contribution in [2.45, 2.75) is 57.6 Å². The van der Waals surface area contributed by atoms with Crippen LogP contribution in [0.3, 0.4) is 0 Å². The van der Waals surface area contributed by atoms with Gasteiger partial charge in [-0.25, -0.2) is 4.79 Å². The molecule has 0 unspecified atom stereocenters. The summed E-state index contributed by atoms with van der Waals surface area (Å²) in [5.74, 6) is -1.73. The summed E-state index contributed by atoms with van der Waals surface area (Å²) in [6, 6.07) is 9.38. The van der Waals surface area contributed by atoms with Gasteiger partial charge >= 0.3 is 5.97 Å². The summed E-state index contributed by atoms with van der Waals surface area (Å²) in [5, 5.41) is 20.5. The maximum Gasteiger partial charge on any atom is 0.337 e. The number of carbonyl (C=O) groups is 1. The van der Waals surface area contributed by atoms with Gasteiger partial charge in [0.2, 0.25) is 0 Å². The van der Waals surface area contributed by atoms with Gasteiger partial charge in [0.05, 0.1) is 19.8 Å². The first-order chi connectivity index (χ1) is 11.8. The van der Waals surface area contributed by atoms with Crippen LogP contribution in [-0.2, 0) is 30.3 Å². The van der Waals surface area contributed by atoms with E-state index in [0.717, 1.165) is 5.56 Å². The molecule has 25 heavy (non-hydrogen) atoms. The fourth-order valence-corrected chi connectivity index (χ4v) is 2.62. The van der Waals surface area contributed by atoms with E-state index in [-0.39, 0.29) is 19.8 Å². The number of aliphatic hydroxyl groups is 2. The zero-order chi connectivity index (χ0) is 18.4. The van der Waals surface area contributed by atoms with Gasteiger partial charge in [0.25, 0.3) is 0 Å². The van der Waals surface area contributed by atoms with Crippen LogP contribution in [0.1, 0.15) is 26.3 Å². The first kappa shape index (κ1) is 19.8. The lowest BCUT2D eigenvalue weighted by molar-refractivity contribution is -0.190. The average Bonchev–Trinajstić information content (AvgIpc) is 2.95. The quantitative estimate of drug-likeness (QED) is 0.673. The molecule has 0 amide bonds. The number of aliphatic hydroxyl groups excluding tert-OH is 2. The lowest BCUT2D eigenvalue weighted by atomic mass is 10.0. The number of ether oxygens (including phenoxy) is 4. The lowest BCUT2D eigenvalue weighted by Crippen LogP contribution is -2.50. The molecule has 1 aromatic carbocycles. The van der Waals surface area contributed by atoms with Crippen LogP contribution in [0, 0.1) is 0 Å². The van der Waals surface area contributed by atoms with E-state index in [1.807, 2.05) is 30.3 Å². The molecule has 1 fully saturated rings. The number of esters is 1. The second-order valence-corrected chi connectivity index (χ2v) is 6.32. The Balaban J connectivity index is 2.09. The second-order valence-electron chi connectivity index (χ2n) is 6.32. The van der Waals surface area contributed by atoms with E-state index in [0.29, 0.717) is 0 Å². The minimum Gasteiger partial charge on any atom is -0.464 e. The molecule has 7 nitrogen and oxygen atoms in total. The van der Waals surface area contributed by atoms with Crippen LogP contribution in [0.2, 0.25) is 0 Å². The molecule has 1 aromatic rings. The Hall–Kier alpha value is -1.51. The molecule has 2 N–H and O–H groups in total. The minimum atomic E-state index is -1.73. The first-order valence-electron chi connectivity index (χ1n) is 8.34. The fraction of sp³-hybridized carbons (Fsp3) is 0.611. The summed E-state index contributed by atoms with van der Waals surface area (Å²) < 4.78 is 21.8. The maximum absolute atomic E-state index is 11.7. The highest BCUT2D eigenvalue weighted by atomic mass is 16.7. The third-order valence-electron chi connectivity index (χ3n) is 3.87. The van der Waals surface area contributed by atoms with Crippen molar-refractivity contribution in [2.75, 3.05) is 13.2 Å². The summed E-state index contributed by atoms with van der Waals surface area (Å²) in [6.45, 7) is 5.59. The van der Waals surface area contributed by atoms with E-state index >= 15 is 0 Å². The van der Waals surface area contributed by atoms with Crippen molar-refractivity contribution in [1.82, 2.24) is 0 Å². The van der Waals surface area contributed by atoms with E-state index in [1.165, 1.54) is 0 Å². The summed E-state index contributed by atoms with van der Waals surface area (Å²) in [7, 11) is 0. The molecule has 2 rings (SSSR count). The minimum absolute atomic E-state index is 0.105. The number of rotatable bonds is 8. The van der Waals surface area contributed by atoms with Gasteiger partial charge in [-0.05, 0) is 26.3 Å². The predicted molar refractivity (Wildman–Crippen MR) is 88.6 cm³/mol. The number of hydrogen-bond acceptors (Lipinski definition) is 7. The molecule has 0 saturated carbocycles. The summed E-state index contributed by atoms with van der Waals surface area (Å²) in [4.78, 5) is 11.7. The SMILES string of the molecule is CCOC(=O)[C@H](O)[C@@H](O)[C@H](OCc1ccccc1)[C@@H]1COC(C)(C)O1. The molecule has 140 valence electrons. The van der Waals surface area contributed by atoms with Crippen LogP contribution >= 0.6 is 0 Å². The molecule has 0 bridgehead atoms. The number of hydrogen-bond donors (Lipinski definition) is 2. The Morgan fingerprint density at radius 3 is 2.56 bits per heavy atom. The lowest BCUT2D eigenvalue weighted by Gasteiger charge is -2.30. The largest absolute Gasteiger partial charge is 0.464 e. The molecule has 0 radical (unpaired) electrons. The fourth-order valence-electron chi connectivity index (χ4n) is 2.62. The van der Waals surface area contributed by atoms with E-state index in [9.17, 15) is 15.0 Å². The molecule has 1 aliphatic rings. The maximum atomic E-state index is 11.7. The Morgan fingerprint density at radius 2 is 2.00 bits per heavy atom. The highest BCUT2D eigenvalue weighted by Gasteiger charge is 2.44. The van der Waals surface area contributed by atoms with Crippen molar-refractivity contribution in [3.05, 3.63) is 35.9 Å². The molecule has 0 aliphatic carbocycles. The van der Waals surface area contributed by atoms with Gasteiger partial charge in [0.15, 0.2) is 11.9 Å². The van der Waals surface area contributed by atoms with Crippen molar-refractivity contribution in [3.63, 3.8) is 0 Å². The van der Waals surface area contributed by atoms with Crippen molar-refractivity contribution in [3.8, 4) is 0 Å². The van der Waals surface area contributed by atoms with Crippen molar-refractivity contribution in [2.24, 2.45) is 0 Å². The van der Waals surface area contributed by atoms with E-state index in [2.05, 4.69) is 0 Å². The van der Waals surface area contributed by atoms with E-state index in [4.69, 9.17) is 18.9 Å². The zero-order valence-corrected chi connectivity index (χ0v) is 14.8. The first-order valence-corrected chi connectivity index (χ1v) is 8.34. The summed E-state index contributed by atoms with van der Waals surface area (Å²) in [6.07, 6.45) is -4.82. The van der Waals surface area contributed by atoms with Crippen LogP contribution in [0.25, 0.3) is 0 Å². The van der Waals surface area contributed by atoms with E-state index < -0.39 is 36.2 Å². The Labute approximate surface area is 147 Å². The topological polar surface area (TPSA) is 94.5 Å². The third-order valence-corrected chi connectivity index (χ3v) is 3.87. The molecular formula is C18H26O7. The highest BCUT2D eigenvalue weighted by Crippen LogP contribution is 2.28. The molecule has 1 heterocycles. The molecule has 4 atom stereocenters. The van der Waals surface area contributed by atoms with Gasteiger partial charge in [0.1, 0.15) is 18.3 Å². The zero-order valence-electron chi connectivity index (χ0n) is 14.8. The number of benzene rings is 1. The predicted octanol–water partition coefficient (Wildman–Crippen LogP) is 1.01. The van der Waals surface area contributed by atoms with Crippen LogP contribution < -0.4 is 0 Å². The average molecular weight is 354 g/mol. The molecule has 7 heteroatoms. The highest BCUT2D eigenvalue weighted by molar-refractivity contribution is 5.75. The van der Waals surface area contributed by atoms with Gasteiger partial charge in [-0.3, -0.25) is 0 Å². The van der Waals surface area contributed by atoms with Gasteiger partial charge < -0.3 is 29.2 Å². The smallest absolute Gasteiger partial charge is 0.337 e. The monoisotopic (exact) mass is 354 g/mol. The third kappa shape index (κ3) is 5.49. The second kappa shape index (κ2) is 8.73. The Kier molecular flexibility index (Phi) is 6.92. The molecule has 1 saturated heterocycles. The summed E-state index contributed by atoms with van der Waals surface area (Å²) in [5.41, 5.74) is 0.892. The summed E-state index contributed by atoms with van der Waals surface area (Å²) >= 11 is 0. The molecule has 0 aromatic heterocycles. The Bertz CT molecular complexity index is 546. The van der Waals surface area contributed by atoms with Crippen LogP contribution in [0.5, 0.6) is 0 Å². The normalized spacial score (nSPS) is 23.0. The van der Waals surface area contributed by atoms with Crippen LogP contribution in [0.15, 0.2) is 30.3 Å². The van der Waals surface area contributed by atoms with Gasteiger partial charge in [-0.2, -0.15) is 0 Å². The van der Waals surface area contributed by atoms with Crippen molar-refractivity contribution in [1.29, 1.82) is 0 Å². The standard InChI is InChI=1S/C18H26O7/c1-4-22-17(21)15(20)14(19)16(13-11-24-18(2,3)25-13)23-10-12-8-6-5-7-9-12/h5-9,13-16,19-20H,4,10-11H2,1-3H3/t13-,14+,15+,16+/m0/s1.